The fourth-order valence-electron chi connectivity index (χ4n) is 4.47. The molecule has 1 fully saturated rings. The minimum absolute atomic E-state index is 0.0711. The molecule has 2 unspecified atom stereocenters. The maximum absolute atomic E-state index is 13.4. The second-order valence-electron chi connectivity index (χ2n) is 8.29. The van der Waals surface area contributed by atoms with Crippen LogP contribution in [0.1, 0.15) is 43.4 Å². The number of nitrogens with zero attached hydrogens (tertiary/aromatic N) is 1. The van der Waals surface area contributed by atoms with Crippen LogP contribution in [0.5, 0.6) is 5.75 Å². The molecule has 2 aliphatic rings. The smallest absolute Gasteiger partial charge is 0.253 e. The van der Waals surface area contributed by atoms with E-state index in [4.69, 9.17) is 14.9 Å². The Labute approximate surface area is 180 Å². The Morgan fingerprint density at radius 2 is 2.03 bits per heavy atom. The first-order valence-electron chi connectivity index (χ1n) is 10.7. The molecule has 2 heterocycles. The number of alkyl halides is 2. The summed E-state index contributed by atoms with van der Waals surface area (Å²) in [5.41, 5.74) is 8.04. The third-order valence-corrected chi connectivity index (χ3v) is 6.30. The Morgan fingerprint density at radius 1 is 1.29 bits per heavy atom. The Bertz CT molecular complexity index is 1030. The lowest BCUT2D eigenvalue weighted by Gasteiger charge is -2.33. The number of methoxy groups -OCH3 is 1. The second-order valence-corrected chi connectivity index (χ2v) is 8.29. The quantitative estimate of drug-likeness (QED) is 0.742. The maximum Gasteiger partial charge on any atom is 0.253 e. The van der Waals surface area contributed by atoms with Crippen molar-refractivity contribution in [1.82, 2.24) is 4.90 Å². The molecule has 1 aliphatic carbocycles. The zero-order valence-electron chi connectivity index (χ0n) is 17.9. The van der Waals surface area contributed by atoms with Crippen molar-refractivity contribution >= 4 is 16.9 Å². The van der Waals surface area contributed by atoms with E-state index in [0.29, 0.717) is 29.2 Å². The average Bonchev–Trinajstić information content (AvgIpc) is 3.21. The van der Waals surface area contributed by atoms with Gasteiger partial charge in [-0.1, -0.05) is 25.2 Å². The highest BCUT2D eigenvalue weighted by Gasteiger charge is 2.36. The summed E-state index contributed by atoms with van der Waals surface area (Å²) in [6.07, 6.45) is 6.13. The summed E-state index contributed by atoms with van der Waals surface area (Å²) in [6.45, 7) is 2.58. The van der Waals surface area contributed by atoms with Gasteiger partial charge in [-0.05, 0) is 36.1 Å². The SMILES string of the molecule is CCC1C=C(C(=O)N2CCC(F)(F)CC2)C=CC1c1cc(OC)c2oc(CN)cc2c1. The first kappa shape index (κ1) is 21.6. The molecule has 2 aromatic rings. The van der Waals surface area contributed by atoms with Gasteiger partial charge in [0.05, 0.1) is 13.7 Å². The summed E-state index contributed by atoms with van der Waals surface area (Å²) >= 11 is 0. The standard InChI is InChI=1S/C24H28F2N2O3/c1-3-15-10-16(23(29)28-8-6-24(25,26)7-9-28)4-5-20(15)17-11-18-12-19(14-27)31-22(18)21(13-17)30-2/h4-5,10-13,15,20H,3,6-9,14,27H2,1-2H3. The van der Waals surface area contributed by atoms with Crippen LogP contribution < -0.4 is 10.5 Å². The van der Waals surface area contributed by atoms with E-state index in [2.05, 4.69) is 13.0 Å². The summed E-state index contributed by atoms with van der Waals surface area (Å²) < 4.78 is 38.2. The van der Waals surface area contributed by atoms with Gasteiger partial charge in [0.25, 0.3) is 11.8 Å². The van der Waals surface area contributed by atoms with Crippen molar-refractivity contribution in [3.63, 3.8) is 0 Å². The molecule has 0 saturated carbocycles. The van der Waals surface area contributed by atoms with Gasteiger partial charge < -0.3 is 19.8 Å². The van der Waals surface area contributed by atoms with E-state index in [1.54, 1.807) is 7.11 Å². The van der Waals surface area contributed by atoms with Crippen molar-refractivity contribution in [1.29, 1.82) is 0 Å². The average molecular weight is 430 g/mol. The van der Waals surface area contributed by atoms with Gasteiger partial charge in [0.2, 0.25) is 0 Å². The van der Waals surface area contributed by atoms with Gasteiger partial charge in [-0.15, -0.1) is 0 Å². The minimum atomic E-state index is -2.67. The lowest BCUT2D eigenvalue weighted by molar-refractivity contribution is -0.132. The molecule has 166 valence electrons. The predicted molar refractivity (Wildman–Crippen MR) is 115 cm³/mol. The summed E-state index contributed by atoms with van der Waals surface area (Å²) in [6, 6.07) is 5.97. The van der Waals surface area contributed by atoms with Gasteiger partial charge >= 0.3 is 0 Å². The maximum atomic E-state index is 13.4. The van der Waals surface area contributed by atoms with Crippen LogP contribution in [0.15, 0.2) is 46.4 Å². The van der Waals surface area contributed by atoms with E-state index >= 15 is 0 Å². The summed E-state index contributed by atoms with van der Waals surface area (Å²) in [7, 11) is 1.61. The molecule has 1 aliphatic heterocycles. The van der Waals surface area contributed by atoms with E-state index in [1.165, 1.54) is 4.90 Å². The summed E-state index contributed by atoms with van der Waals surface area (Å²) in [5.74, 6) is -1.31. The van der Waals surface area contributed by atoms with Crippen LogP contribution in [0.4, 0.5) is 8.78 Å². The Kier molecular flexibility index (Phi) is 5.88. The molecule has 2 atom stereocenters. The zero-order valence-corrected chi connectivity index (χ0v) is 17.9. The predicted octanol–water partition coefficient (Wildman–Crippen LogP) is 4.76. The highest BCUT2D eigenvalue weighted by Crippen LogP contribution is 2.40. The second kappa shape index (κ2) is 8.46. The van der Waals surface area contributed by atoms with Crippen LogP contribution >= 0.6 is 0 Å². The van der Waals surface area contributed by atoms with Crippen molar-refractivity contribution in [2.75, 3.05) is 20.2 Å². The van der Waals surface area contributed by atoms with Crippen molar-refractivity contribution in [3.05, 3.63) is 53.3 Å². The number of ether oxygens (including phenoxy) is 1. The third-order valence-electron chi connectivity index (χ3n) is 6.30. The molecule has 0 bridgehead atoms. The number of likely N-dealkylation sites (tertiary alicyclic amines) is 1. The number of carbonyl (C=O) groups excluding carboxylic acids is 1. The van der Waals surface area contributed by atoms with Crippen LogP contribution in [0.3, 0.4) is 0 Å². The number of hydrogen-bond acceptors (Lipinski definition) is 4. The number of halogens is 2. The Balaban J connectivity index is 1.59. The normalized spacial score (nSPS) is 23.1. The van der Waals surface area contributed by atoms with Gasteiger partial charge in [-0.2, -0.15) is 0 Å². The van der Waals surface area contributed by atoms with Gasteiger partial charge in [0, 0.05) is 42.8 Å². The van der Waals surface area contributed by atoms with Crippen molar-refractivity contribution in [2.45, 2.75) is 44.6 Å². The molecule has 5 nitrogen and oxygen atoms in total. The van der Waals surface area contributed by atoms with Gasteiger partial charge in [-0.3, -0.25) is 4.79 Å². The molecule has 0 radical (unpaired) electrons. The number of rotatable bonds is 5. The molecule has 1 aromatic heterocycles. The first-order valence-corrected chi connectivity index (χ1v) is 10.7. The Hall–Kier alpha value is -2.67. The molecule has 1 saturated heterocycles. The lowest BCUT2D eigenvalue weighted by Crippen LogP contribution is -2.43. The molecule has 1 amide bonds. The number of carbonyl (C=O) groups is 1. The largest absolute Gasteiger partial charge is 0.493 e. The van der Waals surface area contributed by atoms with Crippen LogP contribution in [-0.4, -0.2) is 36.9 Å². The van der Waals surface area contributed by atoms with Crippen molar-refractivity contribution in [2.24, 2.45) is 11.7 Å². The van der Waals surface area contributed by atoms with Crippen LogP contribution in [0, 0.1) is 5.92 Å². The number of amides is 1. The van der Waals surface area contributed by atoms with Crippen LogP contribution in [0.2, 0.25) is 0 Å². The fraction of sp³-hybridized carbons (Fsp3) is 0.458. The molecule has 7 heteroatoms. The van der Waals surface area contributed by atoms with E-state index in [-0.39, 0.29) is 43.7 Å². The van der Waals surface area contributed by atoms with Gasteiger partial charge in [0.15, 0.2) is 11.3 Å². The van der Waals surface area contributed by atoms with Crippen molar-refractivity contribution in [3.8, 4) is 5.75 Å². The fourth-order valence-corrected chi connectivity index (χ4v) is 4.47. The van der Waals surface area contributed by atoms with E-state index in [9.17, 15) is 13.6 Å². The number of hydrogen-bond donors (Lipinski definition) is 1. The minimum Gasteiger partial charge on any atom is -0.493 e. The number of piperidine rings is 1. The zero-order chi connectivity index (χ0) is 22.2. The van der Waals surface area contributed by atoms with E-state index in [0.717, 1.165) is 17.4 Å². The highest BCUT2D eigenvalue weighted by molar-refractivity contribution is 5.96. The number of nitrogens with two attached hydrogens (primary N) is 1. The third kappa shape index (κ3) is 4.24. The van der Waals surface area contributed by atoms with Crippen LogP contribution in [0.25, 0.3) is 11.0 Å². The number of allylic oxidation sites excluding steroid dienone is 2. The molecule has 2 N–H and O–H groups in total. The van der Waals surface area contributed by atoms with Crippen molar-refractivity contribution < 1.29 is 22.7 Å². The monoisotopic (exact) mass is 430 g/mol. The van der Waals surface area contributed by atoms with E-state index < -0.39 is 5.92 Å². The summed E-state index contributed by atoms with van der Waals surface area (Å²) in [4.78, 5) is 14.4. The summed E-state index contributed by atoms with van der Waals surface area (Å²) in [5, 5.41) is 0.929. The molecular weight excluding hydrogens is 402 g/mol. The molecule has 31 heavy (non-hydrogen) atoms. The highest BCUT2D eigenvalue weighted by atomic mass is 19.3. The molecule has 0 spiro atoms. The number of benzene rings is 1. The van der Waals surface area contributed by atoms with Gasteiger partial charge in [0.1, 0.15) is 5.76 Å². The lowest BCUT2D eigenvalue weighted by atomic mass is 9.79. The first-order chi connectivity index (χ1) is 14.8. The Morgan fingerprint density at radius 3 is 2.68 bits per heavy atom. The number of fused-ring (bicyclic) bond motifs is 1. The number of furan rings is 1. The van der Waals surface area contributed by atoms with Gasteiger partial charge in [-0.25, -0.2) is 8.78 Å². The topological polar surface area (TPSA) is 68.7 Å². The molecule has 4 rings (SSSR count). The molecular formula is C24H28F2N2O3. The molecule has 1 aromatic carbocycles. The van der Waals surface area contributed by atoms with E-state index in [1.807, 2.05) is 30.4 Å². The van der Waals surface area contributed by atoms with Crippen LogP contribution in [-0.2, 0) is 11.3 Å².